The Morgan fingerprint density at radius 1 is 1.13 bits per heavy atom. The Bertz CT molecular complexity index is 777. The Morgan fingerprint density at radius 2 is 1.78 bits per heavy atom. The third-order valence-electron chi connectivity index (χ3n) is 3.71. The maximum absolute atomic E-state index is 12.6. The van der Waals surface area contributed by atoms with Gasteiger partial charge in [-0.05, 0) is 39.3 Å². The largest absolute Gasteiger partial charge is 0.397 e. The van der Waals surface area contributed by atoms with Crippen LogP contribution in [-0.4, -0.2) is 27.4 Å². The fourth-order valence-corrected chi connectivity index (χ4v) is 2.57. The molecule has 0 saturated heterocycles. The summed E-state index contributed by atoms with van der Waals surface area (Å²) in [4.78, 5) is 28.7. The van der Waals surface area contributed by atoms with Crippen LogP contribution < -0.4 is 16.6 Å². The number of hydrogen-bond acceptors (Lipinski definition) is 5. The van der Waals surface area contributed by atoms with Gasteiger partial charge in [0.15, 0.2) is 17.3 Å². The van der Waals surface area contributed by atoms with Crippen molar-refractivity contribution in [2.24, 2.45) is 10.7 Å². The van der Waals surface area contributed by atoms with Gasteiger partial charge in [-0.3, -0.25) is 14.3 Å². The summed E-state index contributed by atoms with van der Waals surface area (Å²) in [5, 5.41) is 3.20. The maximum Gasteiger partial charge on any atom is 0.294 e. The van der Waals surface area contributed by atoms with Crippen molar-refractivity contribution in [3.8, 4) is 0 Å². The molecule has 0 aromatic carbocycles. The van der Waals surface area contributed by atoms with E-state index in [0.717, 1.165) is 0 Å². The maximum atomic E-state index is 12.6. The second-order valence-corrected chi connectivity index (χ2v) is 5.25. The van der Waals surface area contributed by atoms with Gasteiger partial charge in [0.2, 0.25) is 0 Å². The Kier molecular flexibility index (Phi) is 4.88. The van der Waals surface area contributed by atoms with Gasteiger partial charge in [0.05, 0.1) is 11.4 Å². The van der Waals surface area contributed by atoms with E-state index in [1.54, 1.807) is 17.7 Å². The van der Waals surface area contributed by atoms with E-state index in [9.17, 15) is 9.59 Å². The number of aliphatic imine (C=N–C) groups is 1. The number of ketones is 1. The van der Waals surface area contributed by atoms with Crippen LogP contribution >= 0.6 is 0 Å². The van der Waals surface area contributed by atoms with E-state index < -0.39 is 0 Å². The fraction of sp³-hybridized carbons (Fsp3) is 0.438. The van der Waals surface area contributed by atoms with Gasteiger partial charge in [-0.2, -0.15) is 0 Å². The molecule has 0 unspecified atom stereocenters. The van der Waals surface area contributed by atoms with Crippen LogP contribution in [0.4, 0.5) is 11.5 Å². The van der Waals surface area contributed by atoms with E-state index in [1.807, 2.05) is 25.5 Å². The number of carbonyl (C=O) groups is 1. The summed E-state index contributed by atoms with van der Waals surface area (Å²) in [5.74, 6) is 0.538. The first-order chi connectivity index (χ1) is 10.9. The lowest BCUT2D eigenvalue weighted by atomic mass is 10.0. The summed E-state index contributed by atoms with van der Waals surface area (Å²) in [6, 6.07) is 0. The first-order valence-corrected chi connectivity index (χ1v) is 7.80. The van der Waals surface area contributed by atoms with E-state index in [1.165, 1.54) is 6.08 Å². The van der Waals surface area contributed by atoms with Crippen LogP contribution in [0.3, 0.4) is 0 Å². The van der Waals surface area contributed by atoms with Crippen molar-refractivity contribution in [2.45, 2.75) is 40.8 Å². The van der Waals surface area contributed by atoms with Crippen LogP contribution in [0.25, 0.3) is 0 Å². The van der Waals surface area contributed by atoms with E-state index in [-0.39, 0.29) is 17.0 Å². The average molecular weight is 317 g/mol. The van der Waals surface area contributed by atoms with Crippen molar-refractivity contribution in [3.05, 3.63) is 33.8 Å². The first-order valence-electron chi connectivity index (χ1n) is 7.80. The van der Waals surface area contributed by atoms with Crippen molar-refractivity contribution in [1.29, 1.82) is 0 Å². The summed E-state index contributed by atoms with van der Waals surface area (Å²) >= 11 is 0. The van der Waals surface area contributed by atoms with Gasteiger partial charge in [-0.1, -0.05) is 0 Å². The molecule has 7 nitrogen and oxygen atoms in total. The Morgan fingerprint density at radius 3 is 2.35 bits per heavy atom. The molecule has 1 aliphatic carbocycles. The predicted octanol–water partition coefficient (Wildman–Crippen LogP) is 1.57. The van der Waals surface area contributed by atoms with Crippen molar-refractivity contribution in [2.75, 3.05) is 11.9 Å². The predicted molar refractivity (Wildman–Crippen MR) is 92.3 cm³/mol. The van der Waals surface area contributed by atoms with E-state index in [2.05, 4.69) is 10.3 Å². The number of nitrogens with zero attached hydrogens (tertiary/aromatic N) is 3. The Balaban J connectivity index is 2.66. The molecule has 1 heterocycles. The number of allylic oxidation sites excluding steroid dienone is 3. The molecular weight excluding hydrogens is 294 g/mol. The number of nitrogens with one attached hydrogen (secondary N) is 1. The van der Waals surface area contributed by atoms with Gasteiger partial charge in [0, 0.05) is 25.7 Å². The number of hydrogen-bond donors (Lipinski definition) is 2. The molecule has 1 aromatic heterocycles. The highest BCUT2D eigenvalue weighted by Gasteiger charge is 2.20. The monoisotopic (exact) mass is 317 g/mol. The van der Waals surface area contributed by atoms with Crippen molar-refractivity contribution < 1.29 is 4.79 Å². The van der Waals surface area contributed by atoms with Crippen molar-refractivity contribution in [3.63, 3.8) is 0 Å². The lowest BCUT2D eigenvalue weighted by molar-refractivity contribution is -0.111. The highest BCUT2D eigenvalue weighted by atomic mass is 16.1. The van der Waals surface area contributed by atoms with Gasteiger partial charge < -0.3 is 11.1 Å². The summed E-state index contributed by atoms with van der Waals surface area (Å²) in [5.41, 5.74) is 7.30. The molecule has 0 atom stereocenters. The summed E-state index contributed by atoms with van der Waals surface area (Å²) in [6.07, 6.45) is 2.96. The van der Waals surface area contributed by atoms with Gasteiger partial charge >= 0.3 is 0 Å². The minimum atomic E-state index is -0.173. The molecule has 0 fully saturated rings. The number of anilines is 1. The van der Waals surface area contributed by atoms with Crippen molar-refractivity contribution >= 4 is 23.0 Å². The molecule has 124 valence electrons. The average Bonchev–Trinajstić information content (AvgIpc) is 2.77. The van der Waals surface area contributed by atoms with Crippen LogP contribution in [0.2, 0.25) is 0 Å². The Labute approximate surface area is 135 Å². The Hall–Kier alpha value is -2.57. The molecule has 0 spiro atoms. The van der Waals surface area contributed by atoms with E-state index in [4.69, 9.17) is 5.73 Å². The van der Waals surface area contributed by atoms with Crippen LogP contribution in [-0.2, 0) is 17.9 Å². The highest BCUT2D eigenvalue weighted by Crippen LogP contribution is 2.24. The third kappa shape index (κ3) is 2.99. The lowest BCUT2D eigenvalue weighted by Gasteiger charge is -2.12. The molecule has 0 aliphatic heterocycles. The standard InChI is InChI=1S/C16H23N5O2/c1-5-18-15-14(16(23)21(7-3)20(15)6-2)19-12-8-10(4)13(22)9-11(12)17/h8-9,18H,5-7,17H2,1-4H3. The van der Waals surface area contributed by atoms with Gasteiger partial charge in [-0.15, -0.1) is 0 Å². The topological polar surface area (TPSA) is 94.4 Å². The molecule has 7 heteroatoms. The minimum Gasteiger partial charge on any atom is -0.397 e. The zero-order valence-corrected chi connectivity index (χ0v) is 14.0. The summed E-state index contributed by atoms with van der Waals surface area (Å²) < 4.78 is 3.51. The third-order valence-corrected chi connectivity index (χ3v) is 3.71. The molecule has 0 radical (unpaired) electrons. The molecule has 3 N–H and O–H groups in total. The van der Waals surface area contributed by atoms with Gasteiger partial charge in [-0.25, -0.2) is 9.67 Å². The quantitative estimate of drug-likeness (QED) is 0.806. The smallest absolute Gasteiger partial charge is 0.294 e. The molecule has 23 heavy (non-hydrogen) atoms. The molecular formula is C16H23N5O2. The fourth-order valence-electron chi connectivity index (χ4n) is 2.57. The van der Waals surface area contributed by atoms with Gasteiger partial charge in [0.25, 0.3) is 5.56 Å². The molecule has 0 saturated carbocycles. The number of rotatable bonds is 5. The second-order valence-electron chi connectivity index (χ2n) is 5.25. The normalized spacial score (nSPS) is 16.5. The second kappa shape index (κ2) is 6.68. The zero-order valence-electron chi connectivity index (χ0n) is 14.0. The van der Waals surface area contributed by atoms with Crippen LogP contribution in [0, 0.1) is 0 Å². The summed E-state index contributed by atoms with van der Waals surface area (Å²) in [7, 11) is 0. The molecule has 1 aromatic rings. The number of carbonyl (C=O) groups excluding carboxylic acids is 1. The van der Waals surface area contributed by atoms with Crippen LogP contribution in [0.1, 0.15) is 27.7 Å². The molecule has 1 aliphatic rings. The van der Waals surface area contributed by atoms with E-state index in [0.29, 0.717) is 42.4 Å². The number of aromatic nitrogens is 2. The minimum absolute atomic E-state index is 0.134. The van der Waals surface area contributed by atoms with Crippen molar-refractivity contribution in [1.82, 2.24) is 9.36 Å². The SMILES string of the molecule is CCNc1c(N=C2C=C(C)C(=O)C=C2N)c(=O)n(CC)n1CC. The lowest BCUT2D eigenvalue weighted by Crippen LogP contribution is -2.22. The highest BCUT2D eigenvalue weighted by molar-refractivity contribution is 6.22. The number of nitrogens with two attached hydrogens (primary N) is 1. The first kappa shape index (κ1) is 16.8. The summed E-state index contributed by atoms with van der Waals surface area (Å²) in [6.45, 7) is 9.42. The van der Waals surface area contributed by atoms with Crippen LogP contribution in [0.15, 0.2) is 33.2 Å². The van der Waals surface area contributed by atoms with Crippen LogP contribution in [0.5, 0.6) is 0 Å². The molecule has 2 rings (SSSR count). The zero-order chi connectivity index (χ0) is 17.1. The van der Waals surface area contributed by atoms with Gasteiger partial charge in [0.1, 0.15) is 0 Å². The van der Waals surface area contributed by atoms with E-state index >= 15 is 0 Å². The molecule has 0 amide bonds. The molecule has 0 bridgehead atoms.